The van der Waals surface area contributed by atoms with E-state index in [9.17, 15) is 27.6 Å². The second kappa shape index (κ2) is 7.35. The molecule has 4 nitrogen and oxygen atoms in total. The number of amides is 1. The molecule has 0 aliphatic heterocycles. The number of carbonyl (C=O) groups is 1. The molecule has 1 saturated carbocycles. The third kappa shape index (κ3) is 4.42. The van der Waals surface area contributed by atoms with E-state index in [2.05, 4.69) is 10.3 Å². The molecule has 8 heteroatoms. The molecule has 1 aromatic carbocycles. The smallest absolute Gasteiger partial charge is 0.253 e. The van der Waals surface area contributed by atoms with Gasteiger partial charge in [0.05, 0.1) is 5.56 Å². The van der Waals surface area contributed by atoms with Crippen molar-refractivity contribution in [3.63, 3.8) is 0 Å². The number of nitrogens with zero attached hydrogens (tertiary/aromatic N) is 2. The van der Waals surface area contributed by atoms with Gasteiger partial charge in [-0.15, -0.1) is 0 Å². The van der Waals surface area contributed by atoms with Crippen molar-refractivity contribution in [1.29, 1.82) is 5.26 Å². The third-order valence-corrected chi connectivity index (χ3v) is 4.48. The van der Waals surface area contributed by atoms with Crippen molar-refractivity contribution in [2.45, 2.75) is 37.6 Å². The summed E-state index contributed by atoms with van der Waals surface area (Å²) in [6.07, 6.45) is 0.897. The summed E-state index contributed by atoms with van der Waals surface area (Å²) in [4.78, 5) is 16.3. The van der Waals surface area contributed by atoms with Crippen molar-refractivity contribution >= 4 is 5.91 Å². The quantitative estimate of drug-likeness (QED) is 0.815. The zero-order chi connectivity index (χ0) is 19.6. The number of halogens is 4. The average molecular weight is 377 g/mol. The normalized spacial score (nSPS) is 16.6. The minimum absolute atomic E-state index is 0.0727. The molecule has 140 valence electrons. The molecule has 0 saturated heterocycles. The first kappa shape index (κ1) is 18.8. The van der Waals surface area contributed by atoms with Crippen LogP contribution in [0.15, 0.2) is 30.5 Å². The highest BCUT2D eigenvalue weighted by molar-refractivity contribution is 5.95. The summed E-state index contributed by atoms with van der Waals surface area (Å²) >= 11 is 0. The Hall–Kier alpha value is -2.95. The summed E-state index contributed by atoms with van der Waals surface area (Å²) in [6.45, 7) is 0. The predicted molar refractivity (Wildman–Crippen MR) is 89.0 cm³/mol. The van der Waals surface area contributed by atoms with Gasteiger partial charge in [0.25, 0.3) is 5.91 Å². The lowest BCUT2D eigenvalue weighted by Crippen LogP contribution is -2.40. The van der Waals surface area contributed by atoms with Crippen LogP contribution in [-0.2, 0) is 0 Å². The molecule has 3 rings (SSSR count). The van der Waals surface area contributed by atoms with Gasteiger partial charge in [0, 0.05) is 36.7 Å². The number of nitriles is 1. The van der Waals surface area contributed by atoms with Gasteiger partial charge in [-0.25, -0.2) is 22.5 Å². The van der Waals surface area contributed by atoms with Crippen LogP contribution in [0.1, 0.15) is 41.7 Å². The lowest BCUT2D eigenvalue weighted by atomic mass is 9.92. The first-order valence-corrected chi connectivity index (χ1v) is 8.33. The topological polar surface area (TPSA) is 65.8 Å². The Labute approximate surface area is 152 Å². The van der Waals surface area contributed by atoms with Gasteiger partial charge in [-0.1, -0.05) is 0 Å². The molecule has 1 heterocycles. The second-order valence-electron chi connectivity index (χ2n) is 6.49. The number of hydrogen-bond donors (Lipinski definition) is 1. The summed E-state index contributed by atoms with van der Waals surface area (Å²) in [5.74, 6) is -4.90. The number of hydrogen-bond acceptors (Lipinski definition) is 3. The number of rotatable bonds is 3. The standard InChI is InChI=1S/C19H15F4N3O/c20-13-5-11(6-14(21)8-13)16-7-12(10-25-17(16)9-24)18(27)26-15-1-3-19(22,23)4-2-15/h5-8,10,15H,1-4H2,(H,26,27). The van der Waals surface area contributed by atoms with Gasteiger partial charge in [-0.05, 0) is 36.6 Å². The molecule has 1 aliphatic rings. The van der Waals surface area contributed by atoms with Gasteiger partial charge >= 0.3 is 0 Å². The summed E-state index contributed by atoms with van der Waals surface area (Å²) in [5, 5.41) is 11.9. The molecule has 1 fully saturated rings. The van der Waals surface area contributed by atoms with E-state index in [-0.39, 0.29) is 54.1 Å². The van der Waals surface area contributed by atoms with Crippen molar-refractivity contribution < 1.29 is 22.4 Å². The molecule has 1 amide bonds. The van der Waals surface area contributed by atoms with Gasteiger partial charge in [-0.3, -0.25) is 4.79 Å². The lowest BCUT2D eigenvalue weighted by Gasteiger charge is -2.28. The molecule has 2 aromatic rings. The van der Waals surface area contributed by atoms with E-state index < -0.39 is 23.5 Å². The highest BCUT2D eigenvalue weighted by Crippen LogP contribution is 2.33. The van der Waals surface area contributed by atoms with E-state index >= 15 is 0 Å². The maximum Gasteiger partial charge on any atom is 0.253 e. The van der Waals surface area contributed by atoms with Crippen LogP contribution in [0, 0.1) is 23.0 Å². The van der Waals surface area contributed by atoms with Crippen molar-refractivity contribution in [1.82, 2.24) is 10.3 Å². The van der Waals surface area contributed by atoms with E-state index in [1.807, 2.05) is 6.07 Å². The Bertz CT molecular complexity index is 893. The van der Waals surface area contributed by atoms with Crippen molar-refractivity contribution in [2.24, 2.45) is 0 Å². The largest absolute Gasteiger partial charge is 0.349 e. The van der Waals surface area contributed by atoms with Gasteiger partial charge in [0.15, 0.2) is 0 Å². The molecule has 1 aliphatic carbocycles. The van der Waals surface area contributed by atoms with E-state index in [1.165, 1.54) is 12.3 Å². The maximum absolute atomic E-state index is 13.5. The van der Waals surface area contributed by atoms with Crippen molar-refractivity contribution in [3.05, 3.63) is 53.4 Å². The van der Waals surface area contributed by atoms with Crippen LogP contribution in [0.5, 0.6) is 0 Å². The van der Waals surface area contributed by atoms with Crippen LogP contribution in [-0.4, -0.2) is 22.9 Å². The number of pyridine rings is 1. The van der Waals surface area contributed by atoms with Crippen molar-refractivity contribution in [2.75, 3.05) is 0 Å². The van der Waals surface area contributed by atoms with E-state index in [0.717, 1.165) is 12.1 Å². The van der Waals surface area contributed by atoms with Crippen LogP contribution < -0.4 is 5.32 Å². The molecule has 0 radical (unpaired) electrons. The number of benzene rings is 1. The van der Waals surface area contributed by atoms with E-state index in [4.69, 9.17) is 0 Å². The number of nitrogens with one attached hydrogen (secondary N) is 1. The highest BCUT2D eigenvalue weighted by atomic mass is 19.3. The molecule has 0 atom stereocenters. The Balaban J connectivity index is 1.85. The first-order chi connectivity index (χ1) is 12.8. The molecular formula is C19H15F4N3O. The SMILES string of the molecule is N#Cc1ncc(C(=O)NC2CCC(F)(F)CC2)cc1-c1cc(F)cc(F)c1. The van der Waals surface area contributed by atoms with Gasteiger partial charge in [0.1, 0.15) is 23.4 Å². The summed E-state index contributed by atoms with van der Waals surface area (Å²) in [7, 11) is 0. The molecule has 1 N–H and O–H groups in total. The summed E-state index contributed by atoms with van der Waals surface area (Å²) in [6, 6.07) is 5.50. The maximum atomic E-state index is 13.5. The number of carbonyl (C=O) groups excluding carboxylic acids is 1. The number of alkyl halides is 2. The number of aromatic nitrogens is 1. The summed E-state index contributed by atoms with van der Waals surface area (Å²) < 4.78 is 53.4. The van der Waals surface area contributed by atoms with Crippen LogP contribution in [0.25, 0.3) is 11.1 Å². The van der Waals surface area contributed by atoms with Gasteiger partial charge < -0.3 is 5.32 Å². The second-order valence-corrected chi connectivity index (χ2v) is 6.49. The van der Waals surface area contributed by atoms with E-state index in [0.29, 0.717) is 6.07 Å². The highest BCUT2D eigenvalue weighted by Gasteiger charge is 2.35. The minimum Gasteiger partial charge on any atom is -0.349 e. The minimum atomic E-state index is -2.70. The van der Waals surface area contributed by atoms with Crippen molar-refractivity contribution in [3.8, 4) is 17.2 Å². The van der Waals surface area contributed by atoms with Crippen LogP contribution >= 0.6 is 0 Å². The summed E-state index contributed by atoms with van der Waals surface area (Å²) in [5.41, 5.74) is 0.169. The molecule has 0 spiro atoms. The molecule has 1 aromatic heterocycles. The monoisotopic (exact) mass is 377 g/mol. The Morgan fingerprint density at radius 1 is 1.15 bits per heavy atom. The predicted octanol–water partition coefficient (Wildman–Crippen LogP) is 4.21. The zero-order valence-electron chi connectivity index (χ0n) is 14.1. The fourth-order valence-corrected chi connectivity index (χ4v) is 3.06. The Morgan fingerprint density at radius 2 is 1.78 bits per heavy atom. The Kier molecular flexibility index (Phi) is 5.13. The van der Waals surface area contributed by atoms with Crippen LogP contribution in [0.2, 0.25) is 0 Å². The molecular weight excluding hydrogens is 362 g/mol. The van der Waals surface area contributed by atoms with Crippen LogP contribution in [0.3, 0.4) is 0 Å². The average Bonchev–Trinajstić information content (AvgIpc) is 2.62. The van der Waals surface area contributed by atoms with Gasteiger partial charge in [-0.2, -0.15) is 5.26 Å². The zero-order valence-corrected chi connectivity index (χ0v) is 14.1. The Morgan fingerprint density at radius 3 is 2.37 bits per heavy atom. The fourth-order valence-electron chi connectivity index (χ4n) is 3.06. The molecule has 27 heavy (non-hydrogen) atoms. The molecule has 0 unspecified atom stereocenters. The third-order valence-electron chi connectivity index (χ3n) is 4.48. The van der Waals surface area contributed by atoms with E-state index in [1.54, 1.807) is 0 Å². The fraction of sp³-hybridized carbons (Fsp3) is 0.316. The lowest BCUT2D eigenvalue weighted by molar-refractivity contribution is -0.0399. The van der Waals surface area contributed by atoms with Gasteiger partial charge in [0.2, 0.25) is 5.92 Å². The molecule has 0 bridgehead atoms. The first-order valence-electron chi connectivity index (χ1n) is 8.33. The van der Waals surface area contributed by atoms with Crippen LogP contribution in [0.4, 0.5) is 17.6 Å².